The van der Waals surface area contributed by atoms with Gasteiger partial charge in [0, 0.05) is 72.5 Å². The van der Waals surface area contributed by atoms with Gasteiger partial charge in [0.2, 0.25) is 0 Å². The van der Waals surface area contributed by atoms with E-state index in [2.05, 4.69) is 164 Å². The third-order valence-corrected chi connectivity index (χ3v) is 12.2. The lowest BCUT2D eigenvalue weighted by Crippen LogP contribution is -2.43. The van der Waals surface area contributed by atoms with Crippen LogP contribution in [0.1, 0.15) is 230 Å². The van der Waals surface area contributed by atoms with Crippen molar-refractivity contribution in [2.75, 3.05) is 19.6 Å². The Labute approximate surface area is 395 Å². The number of rotatable bonds is 33. The van der Waals surface area contributed by atoms with Gasteiger partial charge in [0.15, 0.2) is 11.6 Å². The van der Waals surface area contributed by atoms with E-state index in [9.17, 15) is 14.4 Å². The van der Waals surface area contributed by atoms with Crippen molar-refractivity contribution in [1.82, 2.24) is 25.3 Å². The molecule has 2 N–H and O–H groups in total. The Morgan fingerprint density at radius 3 is 0.857 bits per heavy atom. The topological polar surface area (TPSA) is 85.0 Å². The van der Waals surface area contributed by atoms with Crippen molar-refractivity contribution in [1.29, 1.82) is 0 Å². The molecule has 0 saturated carbocycles. The highest BCUT2D eigenvalue weighted by atomic mass is 16.1. The monoisotopic (exact) mass is 894 g/mol. The van der Waals surface area contributed by atoms with Gasteiger partial charge in [0.25, 0.3) is 0 Å². The molecule has 0 aromatic heterocycles. The Morgan fingerprint density at radius 1 is 0.381 bits per heavy atom. The summed E-state index contributed by atoms with van der Waals surface area (Å²) in [5, 5.41) is 6.86. The zero-order valence-corrected chi connectivity index (χ0v) is 46.9. The fourth-order valence-corrected chi connectivity index (χ4v) is 8.93. The minimum Gasteiger partial charge on any atom is -0.305 e. The molecule has 0 spiro atoms. The molecular formula is C55H115N5O3. The fourth-order valence-electron chi connectivity index (χ4n) is 8.93. The molecule has 0 rings (SSSR count). The first kappa shape index (κ1) is 66.1. The van der Waals surface area contributed by atoms with E-state index in [1.165, 1.54) is 12.8 Å². The molecule has 0 bridgehead atoms. The van der Waals surface area contributed by atoms with Crippen LogP contribution in [0.15, 0.2) is 0 Å². The van der Waals surface area contributed by atoms with Crippen LogP contribution in [-0.2, 0) is 14.4 Å². The summed E-state index contributed by atoms with van der Waals surface area (Å²) < 4.78 is 0. The van der Waals surface area contributed by atoms with Crippen LogP contribution >= 0.6 is 0 Å². The average Bonchev–Trinajstić information content (AvgIpc) is 3.13. The van der Waals surface area contributed by atoms with Gasteiger partial charge >= 0.3 is 0 Å². The Kier molecular flexibility index (Phi) is 38.7. The highest BCUT2D eigenvalue weighted by molar-refractivity contribution is 5.86. The largest absolute Gasteiger partial charge is 0.305 e. The smallest absolute Gasteiger partial charge is 0.152 e. The third-order valence-electron chi connectivity index (χ3n) is 12.2. The van der Waals surface area contributed by atoms with Crippen LogP contribution in [0, 0.1) is 29.6 Å². The van der Waals surface area contributed by atoms with E-state index in [4.69, 9.17) is 0 Å². The van der Waals surface area contributed by atoms with Crippen LogP contribution in [0.4, 0.5) is 0 Å². The van der Waals surface area contributed by atoms with E-state index in [1.807, 2.05) is 27.7 Å². The first-order chi connectivity index (χ1) is 29.0. The second-order valence-electron chi connectivity index (χ2n) is 22.5. The summed E-state index contributed by atoms with van der Waals surface area (Å²) in [6.07, 6.45) is 10.6. The molecule has 3 atom stereocenters. The summed E-state index contributed by atoms with van der Waals surface area (Å²) in [5.41, 5.74) is 0. The molecule has 0 fully saturated rings. The van der Waals surface area contributed by atoms with Gasteiger partial charge in [-0.1, -0.05) is 102 Å². The quantitative estimate of drug-likeness (QED) is 0.0630. The van der Waals surface area contributed by atoms with Crippen molar-refractivity contribution < 1.29 is 14.4 Å². The van der Waals surface area contributed by atoms with Crippen LogP contribution in [-0.4, -0.2) is 112 Å². The zero-order valence-electron chi connectivity index (χ0n) is 46.9. The standard InChI is InChI=1S/C19H39NO.2C18H38N2O/c1-14(2)13-19(21)18(15(3)4)11-9-10-12-20(16(5)6)17(7)8;2*1-13(2)18(21)17(19-14(3)4)11-9-10-12-20(15(5)6)16(7)8/h14-18H,9-13H2,1-8H3;2*13-17,19H,9-12H2,1-8H3. The molecule has 0 aliphatic rings. The number of hydrogen-bond donors (Lipinski definition) is 2. The predicted molar refractivity (Wildman–Crippen MR) is 279 cm³/mol. The molecule has 0 saturated heterocycles. The molecule has 0 amide bonds. The van der Waals surface area contributed by atoms with Gasteiger partial charge in [-0.15, -0.1) is 0 Å². The minimum absolute atomic E-state index is 0.0246. The van der Waals surface area contributed by atoms with E-state index in [0.717, 1.165) is 71.0 Å². The molecule has 0 aromatic rings. The van der Waals surface area contributed by atoms with Gasteiger partial charge in [-0.25, -0.2) is 0 Å². The maximum absolute atomic E-state index is 12.3. The number of unbranched alkanes of at least 4 members (excludes halogenated alkanes) is 3. The van der Waals surface area contributed by atoms with Crippen LogP contribution < -0.4 is 10.6 Å². The first-order valence-electron chi connectivity index (χ1n) is 26.4. The van der Waals surface area contributed by atoms with Crippen molar-refractivity contribution in [3.05, 3.63) is 0 Å². The fraction of sp³-hybridized carbons (Fsp3) is 0.945. The third kappa shape index (κ3) is 33.0. The molecule has 8 nitrogen and oxygen atoms in total. The Hall–Kier alpha value is -1.19. The lowest BCUT2D eigenvalue weighted by molar-refractivity contribution is -0.125. The summed E-state index contributed by atoms with van der Waals surface area (Å²) in [4.78, 5) is 44.4. The number of nitrogens with zero attached hydrogens (tertiary/aromatic N) is 3. The summed E-state index contributed by atoms with van der Waals surface area (Å²) in [7, 11) is 0. The van der Waals surface area contributed by atoms with E-state index in [0.29, 0.717) is 77.5 Å². The SMILES string of the molecule is CC(C)CC(=O)C(CCCCN(C(C)C)C(C)C)C(C)C.CC(C)NC(CCCCN(C(C)C)C(C)C)C(=O)C(C)C.CC(C)NC(CCCCN(C(C)C)C(C)C)C(=O)C(C)C. The maximum Gasteiger partial charge on any atom is 0.152 e. The van der Waals surface area contributed by atoms with Gasteiger partial charge in [0.05, 0.1) is 12.1 Å². The molecule has 0 aliphatic heterocycles. The number of carbonyl (C=O) groups is 3. The van der Waals surface area contributed by atoms with Gasteiger partial charge in [-0.3, -0.25) is 29.1 Å². The molecular weight excluding hydrogens is 779 g/mol. The Bertz CT molecular complexity index is 1050. The highest BCUT2D eigenvalue weighted by Crippen LogP contribution is 2.23. The van der Waals surface area contributed by atoms with E-state index in [1.54, 1.807) is 0 Å². The summed E-state index contributed by atoms with van der Waals surface area (Å²) >= 11 is 0. The lowest BCUT2D eigenvalue weighted by Gasteiger charge is -2.30. The van der Waals surface area contributed by atoms with Crippen LogP contribution in [0.3, 0.4) is 0 Å². The number of ketones is 3. The van der Waals surface area contributed by atoms with Crippen LogP contribution in [0.5, 0.6) is 0 Å². The second-order valence-corrected chi connectivity index (χ2v) is 22.5. The first-order valence-corrected chi connectivity index (χ1v) is 26.4. The van der Waals surface area contributed by atoms with Gasteiger partial charge in [-0.2, -0.15) is 0 Å². The maximum atomic E-state index is 12.3. The van der Waals surface area contributed by atoms with E-state index >= 15 is 0 Å². The molecule has 8 heteroatoms. The van der Waals surface area contributed by atoms with Crippen molar-refractivity contribution >= 4 is 17.3 Å². The van der Waals surface area contributed by atoms with Crippen LogP contribution in [0.2, 0.25) is 0 Å². The van der Waals surface area contributed by atoms with Gasteiger partial charge in [0.1, 0.15) is 5.78 Å². The highest BCUT2D eigenvalue weighted by Gasteiger charge is 2.25. The molecule has 0 heterocycles. The van der Waals surface area contributed by atoms with Crippen LogP contribution in [0.25, 0.3) is 0 Å². The number of Topliss-reactive ketones (excluding diaryl/α,β-unsaturated/α-hetero) is 3. The minimum atomic E-state index is 0.0246. The van der Waals surface area contributed by atoms with Crippen molar-refractivity contribution in [3.63, 3.8) is 0 Å². The summed E-state index contributed by atoms with van der Waals surface area (Å²) in [5.74, 6) is 2.64. The molecule has 3 unspecified atom stereocenters. The second kappa shape index (κ2) is 36.9. The van der Waals surface area contributed by atoms with Crippen molar-refractivity contribution in [3.8, 4) is 0 Å². The lowest BCUT2D eigenvalue weighted by atomic mass is 9.84. The number of hydrogen-bond acceptors (Lipinski definition) is 8. The van der Waals surface area contributed by atoms with Crippen molar-refractivity contribution in [2.45, 2.75) is 291 Å². The Morgan fingerprint density at radius 2 is 0.651 bits per heavy atom. The van der Waals surface area contributed by atoms with Gasteiger partial charge in [-0.05, 0) is 153 Å². The summed E-state index contributed by atoms with van der Waals surface area (Å²) in [6, 6.07) is 4.34. The summed E-state index contributed by atoms with van der Waals surface area (Å²) in [6.45, 7) is 55.6. The average molecular weight is 895 g/mol. The number of nitrogens with one attached hydrogen (secondary N) is 2. The molecule has 0 aromatic carbocycles. The van der Waals surface area contributed by atoms with Gasteiger partial charge < -0.3 is 10.6 Å². The Balaban J connectivity index is -0.000000857. The normalized spacial score (nSPS) is 14.0. The molecule has 63 heavy (non-hydrogen) atoms. The zero-order chi connectivity index (χ0) is 49.7. The predicted octanol–water partition coefficient (Wildman–Crippen LogP) is 12.9. The molecule has 378 valence electrons. The molecule has 0 radical (unpaired) electrons. The van der Waals surface area contributed by atoms with E-state index in [-0.39, 0.29) is 29.8 Å². The number of carbonyl (C=O) groups excluding carboxylic acids is 3. The van der Waals surface area contributed by atoms with E-state index < -0.39 is 0 Å². The van der Waals surface area contributed by atoms with Crippen molar-refractivity contribution in [2.24, 2.45) is 29.6 Å². The molecule has 0 aliphatic carbocycles.